The Morgan fingerprint density at radius 2 is 2.05 bits per heavy atom. The molecule has 1 aromatic heterocycles. The highest BCUT2D eigenvalue weighted by Crippen LogP contribution is 2.14. The largest absolute Gasteiger partial charge is 0.444 e. The van der Waals surface area contributed by atoms with E-state index in [0.717, 1.165) is 9.13 Å². The molecule has 7 heteroatoms. The Hall–Kier alpha value is -1.38. The van der Waals surface area contributed by atoms with Crippen molar-refractivity contribution in [2.75, 3.05) is 18.9 Å². The summed E-state index contributed by atoms with van der Waals surface area (Å²) in [5, 5.41) is 2.72. The van der Waals surface area contributed by atoms with Crippen molar-refractivity contribution in [3.05, 3.63) is 21.4 Å². The fourth-order valence-corrected chi connectivity index (χ4v) is 1.91. The zero-order valence-corrected chi connectivity index (χ0v) is 15.7. The van der Waals surface area contributed by atoms with E-state index in [1.807, 2.05) is 13.0 Å². The van der Waals surface area contributed by atoms with Crippen LogP contribution in [0, 0.1) is 10.5 Å². The van der Waals surface area contributed by atoms with Gasteiger partial charge in [0.1, 0.15) is 11.4 Å². The maximum atomic E-state index is 11.9. The quantitative estimate of drug-likeness (QED) is 0.762. The van der Waals surface area contributed by atoms with E-state index in [4.69, 9.17) is 4.74 Å². The molecule has 0 radical (unpaired) electrons. The number of pyridine rings is 1. The number of rotatable bonds is 4. The lowest BCUT2D eigenvalue weighted by Gasteiger charge is -2.24. The number of carbonyl (C=O) groups is 2. The number of halogens is 1. The number of carbonyl (C=O) groups excluding carboxylic acids is 2. The Morgan fingerprint density at radius 3 is 2.59 bits per heavy atom. The SMILES string of the molecule is Cc1cnc(NC(=O)CCN(C)C(=O)OC(C)(C)C)cc1I. The minimum Gasteiger partial charge on any atom is -0.444 e. The van der Waals surface area contributed by atoms with Crippen LogP contribution in [-0.2, 0) is 9.53 Å². The lowest BCUT2D eigenvalue weighted by atomic mass is 10.2. The predicted molar refractivity (Wildman–Crippen MR) is 93.8 cm³/mol. The van der Waals surface area contributed by atoms with Crippen LogP contribution in [0.2, 0.25) is 0 Å². The Bertz CT molecular complexity index is 555. The van der Waals surface area contributed by atoms with E-state index in [9.17, 15) is 9.59 Å². The van der Waals surface area contributed by atoms with Crippen molar-refractivity contribution in [3.63, 3.8) is 0 Å². The fourth-order valence-electron chi connectivity index (χ4n) is 1.47. The number of nitrogens with one attached hydrogen (secondary N) is 1. The van der Waals surface area contributed by atoms with Gasteiger partial charge in [-0.3, -0.25) is 4.79 Å². The van der Waals surface area contributed by atoms with Crippen LogP contribution in [0.25, 0.3) is 0 Å². The third-order valence-electron chi connectivity index (χ3n) is 2.68. The topological polar surface area (TPSA) is 71.5 Å². The van der Waals surface area contributed by atoms with Crippen LogP contribution in [0.5, 0.6) is 0 Å². The average molecular weight is 419 g/mol. The molecule has 0 fully saturated rings. The minimum absolute atomic E-state index is 0.182. The smallest absolute Gasteiger partial charge is 0.410 e. The van der Waals surface area contributed by atoms with E-state index in [1.165, 1.54) is 4.90 Å². The second kappa shape index (κ2) is 7.75. The molecule has 6 nitrogen and oxygen atoms in total. The molecule has 0 unspecified atom stereocenters. The summed E-state index contributed by atoms with van der Waals surface area (Å²) >= 11 is 2.19. The molecule has 1 N–H and O–H groups in total. The van der Waals surface area contributed by atoms with Gasteiger partial charge in [-0.15, -0.1) is 0 Å². The maximum Gasteiger partial charge on any atom is 0.410 e. The van der Waals surface area contributed by atoms with Crippen LogP contribution in [0.3, 0.4) is 0 Å². The number of aryl methyl sites for hydroxylation is 1. The first-order chi connectivity index (χ1) is 10.1. The first-order valence-electron chi connectivity index (χ1n) is 6.94. The summed E-state index contributed by atoms with van der Waals surface area (Å²) < 4.78 is 6.26. The molecule has 22 heavy (non-hydrogen) atoms. The number of hydrogen-bond acceptors (Lipinski definition) is 4. The fraction of sp³-hybridized carbons (Fsp3) is 0.533. The summed E-state index contributed by atoms with van der Waals surface area (Å²) in [6, 6.07) is 1.81. The van der Waals surface area contributed by atoms with Crippen molar-refractivity contribution in [2.45, 2.75) is 39.7 Å². The summed E-state index contributed by atoms with van der Waals surface area (Å²) in [6.07, 6.45) is 1.45. The molecule has 0 aromatic carbocycles. The highest BCUT2D eigenvalue weighted by atomic mass is 127. The molecule has 1 heterocycles. The zero-order valence-electron chi connectivity index (χ0n) is 13.6. The molecular weight excluding hydrogens is 397 g/mol. The monoisotopic (exact) mass is 419 g/mol. The van der Waals surface area contributed by atoms with Gasteiger partial charge < -0.3 is 15.0 Å². The molecule has 122 valence electrons. The van der Waals surface area contributed by atoms with Crippen molar-refractivity contribution < 1.29 is 14.3 Å². The minimum atomic E-state index is -0.546. The second-order valence-electron chi connectivity index (χ2n) is 6.02. The van der Waals surface area contributed by atoms with Crippen LogP contribution in [0.4, 0.5) is 10.6 Å². The van der Waals surface area contributed by atoms with Crippen molar-refractivity contribution >= 4 is 40.4 Å². The Kier molecular flexibility index (Phi) is 6.58. The van der Waals surface area contributed by atoms with Gasteiger partial charge >= 0.3 is 6.09 Å². The van der Waals surface area contributed by atoms with E-state index >= 15 is 0 Å². The number of anilines is 1. The molecule has 0 saturated heterocycles. The highest BCUT2D eigenvalue weighted by Gasteiger charge is 2.19. The molecule has 0 bridgehead atoms. The summed E-state index contributed by atoms with van der Waals surface area (Å²) in [5.41, 5.74) is 0.513. The molecule has 0 saturated carbocycles. The van der Waals surface area contributed by atoms with Crippen molar-refractivity contribution in [1.82, 2.24) is 9.88 Å². The molecule has 0 aliphatic carbocycles. The third kappa shape index (κ3) is 6.59. The Labute approximate surface area is 144 Å². The number of amides is 2. The lowest BCUT2D eigenvalue weighted by Crippen LogP contribution is -2.35. The Balaban J connectivity index is 2.45. The van der Waals surface area contributed by atoms with E-state index in [-0.39, 0.29) is 18.9 Å². The number of hydrogen-bond donors (Lipinski definition) is 1. The molecule has 2 amide bonds. The molecular formula is C15H22IN3O3. The van der Waals surface area contributed by atoms with E-state index in [2.05, 4.69) is 32.9 Å². The van der Waals surface area contributed by atoms with Crippen molar-refractivity contribution in [3.8, 4) is 0 Å². The van der Waals surface area contributed by atoms with Crippen LogP contribution < -0.4 is 5.32 Å². The average Bonchev–Trinajstić information content (AvgIpc) is 2.38. The van der Waals surface area contributed by atoms with Crippen LogP contribution >= 0.6 is 22.6 Å². The molecule has 0 atom stereocenters. The van der Waals surface area contributed by atoms with E-state index < -0.39 is 11.7 Å². The number of nitrogens with zero attached hydrogens (tertiary/aromatic N) is 2. The number of aromatic nitrogens is 1. The van der Waals surface area contributed by atoms with Crippen molar-refractivity contribution in [2.24, 2.45) is 0 Å². The molecule has 0 aliphatic heterocycles. The van der Waals surface area contributed by atoms with Crippen LogP contribution in [0.15, 0.2) is 12.3 Å². The highest BCUT2D eigenvalue weighted by molar-refractivity contribution is 14.1. The van der Waals surface area contributed by atoms with Gasteiger partial charge in [-0.05, 0) is 61.9 Å². The number of ether oxygens (including phenoxy) is 1. The Morgan fingerprint density at radius 1 is 1.41 bits per heavy atom. The maximum absolute atomic E-state index is 11.9. The van der Waals surface area contributed by atoms with Gasteiger partial charge in [-0.25, -0.2) is 9.78 Å². The molecule has 1 rings (SSSR count). The normalized spacial score (nSPS) is 11.0. The second-order valence-corrected chi connectivity index (χ2v) is 7.18. The summed E-state index contributed by atoms with van der Waals surface area (Å²) in [6.45, 7) is 7.64. The molecule has 0 aliphatic rings. The first-order valence-corrected chi connectivity index (χ1v) is 8.02. The van der Waals surface area contributed by atoms with Gasteiger partial charge in [-0.2, -0.15) is 0 Å². The van der Waals surface area contributed by atoms with Crippen molar-refractivity contribution in [1.29, 1.82) is 0 Å². The predicted octanol–water partition coefficient (Wildman–Crippen LogP) is 3.19. The van der Waals surface area contributed by atoms with Gasteiger partial charge in [0.15, 0.2) is 0 Å². The van der Waals surface area contributed by atoms with E-state index in [1.54, 1.807) is 34.0 Å². The van der Waals surface area contributed by atoms with Gasteiger partial charge in [-0.1, -0.05) is 0 Å². The standard InChI is InChI=1S/C15H22IN3O3/c1-10-9-17-12(8-11(10)16)18-13(20)6-7-19(5)14(21)22-15(2,3)4/h8-9H,6-7H2,1-5H3,(H,17,18,20). The van der Waals surface area contributed by atoms with Gasteiger partial charge in [0.05, 0.1) is 0 Å². The van der Waals surface area contributed by atoms with Gasteiger partial charge in [0, 0.05) is 29.8 Å². The van der Waals surface area contributed by atoms with E-state index in [0.29, 0.717) is 5.82 Å². The summed E-state index contributed by atoms with van der Waals surface area (Å²) in [5.74, 6) is 0.322. The zero-order chi connectivity index (χ0) is 16.9. The summed E-state index contributed by atoms with van der Waals surface area (Å²) in [4.78, 5) is 29.2. The van der Waals surface area contributed by atoms with Gasteiger partial charge in [0.25, 0.3) is 0 Å². The molecule has 1 aromatic rings. The lowest BCUT2D eigenvalue weighted by molar-refractivity contribution is -0.116. The van der Waals surface area contributed by atoms with Gasteiger partial charge in [0.2, 0.25) is 5.91 Å². The van der Waals surface area contributed by atoms with Crippen LogP contribution in [-0.4, -0.2) is 41.1 Å². The van der Waals surface area contributed by atoms with Crippen LogP contribution in [0.1, 0.15) is 32.8 Å². The third-order valence-corrected chi connectivity index (χ3v) is 3.85. The first kappa shape index (κ1) is 18.7. The summed E-state index contributed by atoms with van der Waals surface area (Å²) in [7, 11) is 1.61. The molecule has 0 spiro atoms.